The summed E-state index contributed by atoms with van der Waals surface area (Å²) in [6.07, 6.45) is 1.25. The van der Waals surface area contributed by atoms with Crippen molar-refractivity contribution in [1.82, 2.24) is 5.32 Å². The Morgan fingerprint density at radius 3 is 2.27 bits per heavy atom. The molecule has 4 nitrogen and oxygen atoms in total. The first kappa shape index (κ1) is 20.1. The molecule has 0 saturated heterocycles. The number of methoxy groups -OCH3 is 1. The van der Waals surface area contributed by atoms with Gasteiger partial charge in [0.1, 0.15) is 0 Å². The first-order chi connectivity index (χ1) is 14.3. The monoisotopic (exact) mass is 401 g/mol. The second kappa shape index (κ2) is 7.60. The average Bonchev–Trinajstić information content (AvgIpc) is 2.72. The van der Waals surface area contributed by atoms with Gasteiger partial charge in [-0.25, -0.2) is 4.79 Å². The van der Waals surface area contributed by atoms with E-state index in [9.17, 15) is 9.59 Å². The van der Waals surface area contributed by atoms with Crippen molar-refractivity contribution in [2.45, 2.75) is 39.5 Å². The van der Waals surface area contributed by atoms with E-state index in [1.807, 2.05) is 37.3 Å². The number of nitrogens with one attached hydrogen (secondary N) is 1. The van der Waals surface area contributed by atoms with Crippen LogP contribution in [0.3, 0.4) is 0 Å². The predicted octanol–water partition coefficient (Wildman–Crippen LogP) is 5.13. The van der Waals surface area contributed by atoms with E-state index in [2.05, 4.69) is 43.4 Å². The molecule has 1 heterocycles. The molecule has 2 aliphatic rings. The average molecular weight is 402 g/mol. The molecule has 1 N–H and O–H groups in total. The Bertz CT molecular complexity index is 1060. The first-order valence-corrected chi connectivity index (χ1v) is 10.3. The highest BCUT2D eigenvalue weighted by Gasteiger charge is 2.42. The van der Waals surface area contributed by atoms with Crippen molar-refractivity contribution in [3.8, 4) is 11.1 Å². The minimum absolute atomic E-state index is 0.0970. The van der Waals surface area contributed by atoms with Crippen LogP contribution < -0.4 is 5.32 Å². The molecule has 0 bridgehead atoms. The molecule has 0 aromatic heterocycles. The highest BCUT2D eigenvalue weighted by molar-refractivity contribution is 6.04. The Balaban J connectivity index is 1.82. The molecule has 1 atom stereocenters. The number of benzene rings is 2. The van der Waals surface area contributed by atoms with Crippen LogP contribution in [-0.4, -0.2) is 18.9 Å². The lowest BCUT2D eigenvalue weighted by atomic mass is 9.68. The van der Waals surface area contributed by atoms with Gasteiger partial charge in [0, 0.05) is 29.3 Å². The topological polar surface area (TPSA) is 55.4 Å². The van der Waals surface area contributed by atoms with Gasteiger partial charge < -0.3 is 10.1 Å². The number of carbonyl (C=O) groups is 2. The Hall–Kier alpha value is -3.14. The van der Waals surface area contributed by atoms with Crippen molar-refractivity contribution in [3.05, 3.63) is 82.7 Å². The zero-order valence-electron chi connectivity index (χ0n) is 17.9. The van der Waals surface area contributed by atoms with Crippen LogP contribution in [0.4, 0.5) is 0 Å². The maximum atomic E-state index is 13.2. The molecule has 0 fully saturated rings. The second-order valence-electron chi connectivity index (χ2n) is 8.91. The Morgan fingerprint density at radius 1 is 1.00 bits per heavy atom. The Labute approximate surface area is 177 Å². The molecular formula is C26H27NO3. The van der Waals surface area contributed by atoms with Crippen LogP contribution in [0.25, 0.3) is 11.1 Å². The molecule has 0 radical (unpaired) electrons. The van der Waals surface area contributed by atoms with Crippen molar-refractivity contribution >= 4 is 11.8 Å². The summed E-state index contributed by atoms with van der Waals surface area (Å²) in [5, 5.41) is 3.34. The predicted molar refractivity (Wildman–Crippen MR) is 118 cm³/mol. The summed E-state index contributed by atoms with van der Waals surface area (Å²) in [5.41, 5.74) is 5.94. The summed E-state index contributed by atoms with van der Waals surface area (Å²) < 4.78 is 5.09. The largest absolute Gasteiger partial charge is 0.466 e. The molecule has 1 aliphatic carbocycles. The van der Waals surface area contributed by atoms with Crippen LogP contribution >= 0.6 is 0 Å². The van der Waals surface area contributed by atoms with E-state index in [0.717, 1.165) is 34.5 Å². The van der Waals surface area contributed by atoms with Crippen molar-refractivity contribution in [2.24, 2.45) is 5.41 Å². The van der Waals surface area contributed by atoms with Crippen molar-refractivity contribution in [2.75, 3.05) is 7.11 Å². The van der Waals surface area contributed by atoms with Crippen LogP contribution in [0.1, 0.15) is 45.1 Å². The number of dihydropyridines is 1. The molecule has 30 heavy (non-hydrogen) atoms. The summed E-state index contributed by atoms with van der Waals surface area (Å²) in [7, 11) is 1.38. The minimum Gasteiger partial charge on any atom is -0.466 e. The quantitative estimate of drug-likeness (QED) is 0.725. The zero-order chi connectivity index (χ0) is 21.5. The number of hydrogen-bond donors (Lipinski definition) is 1. The molecule has 2 aromatic rings. The summed E-state index contributed by atoms with van der Waals surface area (Å²) in [4.78, 5) is 25.9. The lowest BCUT2D eigenvalue weighted by Gasteiger charge is -2.39. The van der Waals surface area contributed by atoms with Crippen molar-refractivity contribution in [3.63, 3.8) is 0 Å². The van der Waals surface area contributed by atoms with Gasteiger partial charge in [-0.3, -0.25) is 4.79 Å². The summed E-state index contributed by atoms with van der Waals surface area (Å²) >= 11 is 0. The number of esters is 1. The smallest absolute Gasteiger partial charge is 0.336 e. The van der Waals surface area contributed by atoms with Gasteiger partial charge in [-0.15, -0.1) is 0 Å². The third-order valence-corrected chi connectivity index (χ3v) is 6.00. The molecule has 0 saturated carbocycles. The highest BCUT2D eigenvalue weighted by atomic mass is 16.5. The van der Waals surface area contributed by atoms with E-state index in [1.165, 1.54) is 7.11 Å². The molecule has 0 amide bonds. The fourth-order valence-electron chi connectivity index (χ4n) is 4.65. The Kier molecular flexibility index (Phi) is 5.10. The molecule has 0 unspecified atom stereocenters. The first-order valence-electron chi connectivity index (χ1n) is 10.3. The fourth-order valence-corrected chi connectivity index (χ4v) is 4.65. The van der Waals surface area contributed by atoms with Crippen LogP contribution in [0.15, 0.2) is 77.1 Å². The zero-order valence-corrected chi connectivity index (χ0v) is 17.9. The lowest BCUT2D eigenvalue weighted by Crippen LogP contribution is -2.38. The molecular weight excluding hydrogens is 374 g/mol. The van der Waals surface area contributed by atoms with E-state index >= 15 is 0 Å². The molecule has 4 rings (SSSR count). The number of carbonyl (C=O) groups excluding carboxylic acids is 2. The van der Waals surface area contributed by atoms with E-state index in [4.69, 9.17) is 4.74 Å². The van der Waals surface area contributed by atoms with Gasteiger partial charge in [-0.2, -0.15) is 0 Å². The summed E-state index contributed by atoms with van der Waals surface area (Å²) in [5.74, 6) is -0.719. The SMILES string of the molecule is COC(=O)C1=C(C)NC2=C(C(=O)CC(C)(C)C2)[C@@H]1c1ccc(-c2ccccc2)cc1. The molecule has 1 aliphatic heterocycles. The van der Waals surface area contributed by atoms with Gasteiger partial charge in [0.05, 0.1) is 12.7 Å². The van der Waals surface area contributed by atoms with Gasteiger partial charge >= 0.3 is 5.97 Å². The number of allylic oxidation sites excluding steroid dienone is 3. The van der Waals surface area contributed by atoms with Gasteiger partial charge in [0.2, 0.25) is 0 Å². The van der Waals surface area contributed by atoms with E-state index in [-0.39, 0.29) is 11.2 Å². The second-order valence-corrected chi connectivity index (χ2v) is 8.91. The Morgan fingerprint density at radius 2 is 1.63 bits per heavy atom. The fraction of sp³-hybridized carbons (Fsp3) is 0.308. The summed E-state index contributed by atoms with van der Waals surface area (Å²) in [6.45, 7) is 6.09. The van der Waals surface area contributed by atoms with Crippen LogP contribution in [0.2, 0.25) is 0 Å². The maximum absolute atomic E-state index is 13.2. The molecule has 4 heteroatoms. The summed E-state index contributed by atoms with van der Waals surface area (Å²) in [6, 6.07) is 18.3. The third kappa shape index (κ3) is 3.58. The molecule has 154 valence electrons. The molecule has 0 spiro atoms. The normalized spacial score (nSPS) is 20.5. The number of rotatable bonds is 3. The third-order valence-electron chi connectivity index (χ3n) is 6.00. The van der Waals surface area contributed by atoms with Gasteiger partial charge in [0.15, 0.2) is 5.78 Å². The van der Waals surface area contributed by atoms with E-state index < -0.39 is 11.9 Å². The minimum atomic E-state index is -0.415. The lowest BCUT2D eigenvalue weighted by molar-refractivity contribution is -0.136. The van der Waals surface area contributed by atoms with Crippen LogP contribution in [-0.2, 0) is 14.3 Å². The van der Waals surface area contributed by atoms with Crippen LogP contribution in [0, 0.1) is 5.41 Å². The van der Waals surface area contributed by atoms with Gasteiger partial charge in [-0.1, -0.05) is 68.4 Å². The van der Waals surface area contributed by atoms with E-state index in [0.29, 0.717) is 17.6 Å². The van der Waals surface area contributed by atoms with Crippen molar-refractivity contribution < 1.29 is 14.3 Å². The standard InChI is InChI=1S/C26H27NO3/c1-16-22(25(29)30-4)23(24-20(27-16)14-26(2,3)15-21(24)28)19-12-10-18(11-13-19)17-8-6-5-7-9-17/h5-13,23,27H,14-15H2,1-4H3/t23-/m1/s1. The number of ether oxygens (including phenoxy) is 1. The van der Waals surface area contributed by atoms with Gasteiger partial charge in [0.25, 0.3) is 0 Å². The number of ketones is 1. The van der Waals surface area contributed by atoms with Gasteiger partial charge in [-0.05, 0) is 35.4 Å². The van der Waals surface area contributed by atoms with Crippen LogP contribution in [0.5, 0.6) is 0 Å². The maximum Gasteiger partial charge on any atom is 0.336 e. The number of Topliss-reactive ketones (excluding diaryl/α,β-unsaturated/α-hetero) is 1. The van der Waals surface area contributed by atoms with E-state index in [1.54, 1.807) is 0 Å². The number of hydrogen-bond acceptors (Lipinski definition) is 4. The van der Waals surface area contributed by atoms with Crippen molar-refractivity contribution in [1.29, 1.82) is 0 Å². The highest BCUT2D eigenvalue weighted by Crippen LogP contribution is 2.46. The molecule has 2 aromatic carbocycles.